The number of phenolic OH excluding ortho intramolecular Hbond substituents is 1. The number of methoxy groups -OCH3 is 1. The molecule has 0 bridgehead atoms. The molecule has 178 valence electrons. The first-order valence-corrected chi connectivity index (χ1v) is 11.0. The summed E-state index contributed by atoms with van der Waals surface area (Å²) >= 11 is 1.97. The van der Waals surface area contributed by atoms with E-state index in [4.69, 9.17) is 24.5 Å². The minimum atomic E-state index is -2.33. The maximum Gasteiger partial charge on any atom is 1.00 e. The second-order valence-corrected chi connectivity index (χ2v) is 8.13. The van der Waals surface area contributed by atoms with Crippen LogP contribution in [-0.4, -0.2) is 30.1 Å². The topological polar surface area (TPSA) is 136 Å². The van der Waals surface area contributed by atoms with E-state index in [0.717, 1.165) is 16.7 Å². The Morgan fingerprint density at radius 3 is 2.06 bits per heavy atom. The molecule has 0 fully saturated rings. The summed E-state index contributed by atoms with van der Waals surface area (Å²) in [5.74, 6) is -0.0574. The molecule has 1 N–H and O–H groups in total. The Balaban J connectivity index is 0.00000190. The number of phenols is 1. The molecular formula is C25H21IK2O8. The molecule has 0 unspecified atom stereocenters. The van der Waals surface area contributed by atoms with Crippen LogP contribution in [0.2, 0.25) is 0 Å². The first-order chi connectivity index (χ1) is 16.1. The van der Waals surface area contributed by atoms with E-state index in [1.807, 2.05) is 65.1 Å². The number of ether oxygens (including phenoxy) is 2. The monoisotopic (exact) mass is 654 g/mol. The molecule has 0 heterocycles. The number of Topliss-reactive ketones (excluding diaryl/α,β-unsaturated/α-hetero) is 1. The van der Waals surface area contributed by atoms with E-state index in [1.54, 1.807) is 18.2 Å². The van der Waals surface area contributed by atoms with Gasteiger partial charge in [-0.3, -0.25) is 4.79 Å². The van der Waals surface area contributed by atoms with E-state index in [2.05, 4.69) is 0 Å². The summed E-state index contributed by atoms with van der Waals surface area (Å²) in [5, 5.41) is 26.8. The van der Waals surface area contributed by atoms with Gasteiger partial charge in [0.25, 0.3) is 0 Å². The van der Waals surface area contributed by atoms with Crippen molar-refractivity contribution in [2.75, 3.05) is 7.11 Å². The standard InChI is InChI=1S/C24H21IO5.CH2O3.2K/c1-15(26)20-10-11-21(22(25)23(20)27)30-14-17-8-6-16(7-9-17)12-18-4-3-5-19(13-18)24(28)29-2;2-1(3)4;;/h3-11,13,27H,12,14H2,1-2H3;(H2,2,3,4);;/q;;2*+1/p-2. The van der Waals surface area contributed by atoms with Crippen molar-refractivity contribution in [2.45, 2.75) is 20.0 Å². The molecule has 0 aliphatic carbocycles. The maximum absolute atomic E-state index is 11.7. The third kappa shape index (κ3) is 11.6. The van der Waals surface area contributed by atoms with Crippen LogP contribution in [-0.2, 0) is 17.8 Å². The Morgan fingerprint density at radius 2 is 1.50 bits per heavy atom. The van der Waals surface area contributed by atoms with Crippen molar-refractivity contribution in [2.24, 2.45) is 0 Å². The fraction of sp³-hybridized carbons (Fsp3) is 0.160. The molecule has 8 nitrogen and oxygen atoms in total. The van der Waals surface area contributed by atoms with E-state index in [-0.39, 0.29) is 126 Å². The number of hydrogen-bond donors (Lipinski definition) is 1. The number of aromatic hydroxyl groups is 1. The fourth-order valence-corrected chi connectivity index (χ4v) is 3.64. The van der Waals surface area contributed by atoms with E-state index in [1.165, 1.54) is 14.0 Å². The Morgan fingerprint density at radius 1 is 0.917 bits per heavy atom. The quantitative estimate of drug-likeness (QED) is 0.121. The summed E-state index contributed by atoms with van der Waals surface area (Å²) < 4.78 is 11.1. The number of rotatable bonds is 7. The molecule has 0 saturated heterocycles. The van der Waals surface area contributed by atoms with Crippen LogP contribution in [0.3, 0.4) is 0 Å². The number of carbonyl (C=O) groups excluding carboxylic acids is 3. The third-order valence-corrected chi connectivity index (χ3v) is 5.68. The zero-order valence-electron chi connectivity index (χ0n) is 20.4. The van der Waals surface area contributed by atoms with Crippen molar-refractivity contribution in [3.8, 4) is 11.5 Å². The number of benzene rings is 3. The second-order valence-electron chi connectivity index (χ2n) is 7.05. The fourth-order valence-electron chi connectivity index (χ4n) is 3.02. The number of carboxylic acid groups (broad SMARTS) is 2. The molecule has 0 aliphatic rings. The normalized spacial score (nSPS) is 9.42. The summed E-state index contributed by atoms with van der Waals surface area (Å²) in [7, 11) is 1.37. The zero-order chi connectivity index (χ0) is 25.3. The van der Waals surface area contributed by atoms with Crippen LogP contribution in [0.4, 0.5) is 4.79 Å². The average molecular weight is 655 g/mol. The predicted molar refractivity (Wildman–Crippen MR) is 128 cm³/mol. The Labute approximate surface area is 307 Å². The molecule has 0 radical (unpaired) electrons. The van der Waals surface area contributed by atoms with E-state index < -0.39 is 6.16 Å². The molecule has 0 atom stereocenters. The van der Waals surface area contributed by atoms with Crippen LogP contribution in [0, 0.1) is 3.57 Å². The van der Waals surface area contributed by atoms with Crippen LogP contribution in [0.1, 0.15) is 44.3 Å². The number of ketones is 1. The number of hydrogen-bond acceptors (Lipinski definition) is 8. The van der Waals surface area contributed by atoms with Gasteiger partial charge in [0.05, 0.1) is 21.8 Å². The van der Waals surface area contributed by atoms with E-state index in [9.17, 15) is 14.7 Å². The van der Waals surface area contributed by atoms with Gasteiger partial charge in [0.1, 0.15) is 18.1 Å². The average Bonchev–Trinajstić information content (AvgIpc) is 2.80. The van der Waals surface area contributed by atoms with Crippen molar-refractivity contribution in [3.05, 3.63) is 92.1 Å². The second kappa shape index (κ2) is 18.0. The van der Waals surface area contributed by atoms with Gasteiger partial charge in [-0.15, -0.1) is 0 Å². The molecule has 0 aromatic heterocycles. The van der Waals surface area contributed by atoms with Gasteiger partial charge in [0.2, 0.25) is 0 Å². The molecule has 0 amide bonds. The van der Waals surface area contributed by atoms with Crippen molar-refractivity contribution in [1.29, 1.82) is 0 Å². The van der Waals surface area contributed by atoms with Crippen molar-refractivity contribution < 1.29 is 142 Å². The Hall–Kier alpha value is -0.327. The van der Waals surface area contributed by atoms with Gasteiger partial charge in [-0.2, -0.15) is 0 Å². The van der Waals surface area contributed by atoms with Gasteiger partial charge in [0.15, 0.2) is 5.78 Å². The third-order valence-electron chi connectivity index (χ3n) is 4.63. The van der Waals surface area contributed by atoms with Crippen LogP contribution in [0.5, 0.6) is 11.5 Å². The van der Waals surface area contributed by atoms with Gasteiger partial charge in [-0.05, 0) is 83.0 Å². The molecule has 3 aromatic rings. The molecule has 3 rings (SSSR count). The van der Waals surface area contributed by atoms with Crippen LogP contribution in [0.15, 0.2) is 60.7 Å². The van der Waals surface area contributed by atoms with Gasteiger partial charge in [-0.1, -0.05) is 36.4 Å². The number of carbonyl (C=O) groups is 3. The zero-order valence-corrected chi connectivity index (χ0v) is 28.8. The molecule has 36 heavy (non-hydrogen) atoms. The van der Waals surface area contributed by atoms with Gasteiger partial charge in [-0.25, -0.2) is 4.79 Å². The number of esters is 1. The molecular weight excluding hydrogens is 633 g/mol. The van der Waals surface area contributed by atoms with E-state index in [0.29, 0.717) is 27.9 Å². The summed E-state index contributed by atoms with van der Waals surface area (Å²) in [6.07, 6.45) is -1.63. The van der Waals surface area contributed by atoms with Crippen molar-refractivity contribution >= 4 is 40.5 Å². The maximum atomic E-state index is 11.7. The molecule has 0 spiro atoms. The first kappa shape index (κ1) is 35.7. The SMILES string of the molecule is COC(=O)c1cccc(Cc2ccc(COc3ccc(C(C)=O)c(O)c3I)cc2)c1.O=C([O-])[O-].[K+].[K+]. The van der Waals surface area contributed by atoms with Crippen LogP contribution < -0.4 is 118 Å². The summed E-state index contributed by atoms with van der Waals surface area (Å²) in [4.78, 5) is 31.5. The Kier molecular flexibility index (Phi) is 17.9. The molecule has 3 aromatic carbocycles. The summed E-state index contributed by atoms with van der Waals surface area (Å²) in [6, 6.07) is 18.7. The van der Waals surface area contributed by atoms with Gasteiger partial charge < -0.3 is 29.6 Å². The summed E-state index contributed by atoms with van der Waals surface area (Å²) in [5.41, 5.74) is 3.94. The van der Waals surface area contributed by atoms with Crippen LogP contribution >= 0.6 is 22.6 Å². The first-order valence-electron chi connectivity index (χ1n) is 9.90. The van der Waals surface area contributed by atoms with Gasteiger partial charge >= 0.3 is 109 Å². The molecule has 0 aliphatic heterocycles. The molecule has 0 saturated carbocycles. The largest absolute Gasteiger partial charge is 1.00 e. The minimum Gasteiger partial charge on any atom is -0.652 e. The van der Waals surface area contributed by atoms with Crippen molar-refractivity contribution in [1.82, 2.24) is 0 Å². The van der Waals surface area contributed by atoms with Gasteiger partial charge in [0, 0.05) is 0 Å². The van der Waals surface area contributed by atoms with E-state index >= 15 is 0 Å². The smallest absolute Gasteiger partial charge is 0.652 e. The predicted octanol–water partition coefficient (Wildman–Crippen LogP) is -3.28. The molecule has 11 heteroatoms. The number of halogens is 1. The Bertz CT molecular complexity index is 1180. The van der Waals surface area contributed by atoms with Crippen molar-refractivity contribution in [3.63, 3.8) is 0 Å². The summed E-state index contributed by atoms with van der Waals surface area (Å²) in [6.45, 7) is 1.76. The van der Waals surface area contributed by atoms with Crippen LogP contribution in [0.25, 0.3) is 0 Å². The minimum absolute atomic E-state index is 0.